The van der Waals surface area contributed by atoms with Gasteiger partial charge in [-0.25, -0.2) is 12.6 Å². The molecule has 0 aliphatic carbocycles. The van der Waals surface area contributed by atoms with E-state index in [1.165, 1.54) is 0 Å². The number of nitrogens with one attached hydrogen (secondary N) is 2. The van der Waals surface area contributed by atoms with E-state index in [1.54, 1.807) is 25.6 Å². The molecule has 10 nitrogen and oxygen atoms in total. The predicted octanol–water partition coefficient (Wildman–Crippen LogP) is 9.05. The van der Waals surface area contributed by atoms with Crippen LogP contribution in [0.25, 0.3) is 21.8 Å². The Kier molecular flexibility index (Phi) is 13.5. The summed E-state index contributed by atoms with van der Waals surface area (Å²) in [5.74, 6) is 0. The zero-order valence-electron chi connectivity index (χ0n) is 31.3. The van der Waals surface area contributed by atoms with Gasteiger partial charge in [-0.2, -0.15) is 5.10 Å². The van der Waals surface area contributed by atoms with Gasteiger partial charge in [-0.05, 0) is 85.5 Å². The van der Waals surface area contributed by atoms with Gasteiger partial charge in [0.2, 0.25) is 10.0 Å². The van der Waals surface area contributed by atoms with E-state index in [2.05, 4.69) is 63.4 Å². The van der Waals surface area contributed by atoms with Gasteiger partial charge in [-0.15, -0.1) is 0 Å². The standard InChI is InChI=1S/C20H24ClN3O3S.C20H23ClN2O2S/c1-4-20(14-27-5-2,15-9-11-16(21)12-10-15)24-19-8-6-7-18(17(19)13-22-24)23-28(3,25)26;1-4-20(14-25-2,15-8-10-16(21)11-9-15)23-13-12-17-18(22-26(3)24)6-5-7-19(17)23/h6-13,23H,4-5,14H2,1-3H3;5-13,22H,4,14H2,1-3H3. The molecule has 6 rings (SSSR count). The number of halogens is 2. The van der Waals surface area contributed by atoms with Crippen molar-refractivity contribution in [3.05, 3.63) is 125 Å². The molecule has 0 amide bonds. The fraction of sp³-hybridized carbons (Fsp3) is 0.325. The number of rotatable bonds is 15. The molecular weight excluding hydrogens is 766 g/mol. The first-order valence-electron chi connectivity index (χ1n) is 17.6. The number of aromatic nitrogens is 3. The molecule has 2 N–H and O–H groups in total. The minimum Gasteiger partial charge on any atom is -0.382 e. The second-order valence-electron chi connectivity index (χ2n) is 13.0. The molecule has 0 saturated carbocycles. The van der Waals surface area contributed by atoms with Crippen LogP contribution in [0.5, 0.6) is 0 Å². The zero-order valence-corrected chi connectivity index (χ0v) is 34.5. The Bertz CT molecular complexity index is 2310. The van der Waals surface area contributed by atoms with Crippen molar-refractivity contribution >= 4 is 77.4 Å². The van der Waals surface area contributed by atoms with Gasteiger partial charge in [-0.1, -0.05) is 73.4 Å². The van der Waals surface area contributed by atoms with E-state index < -0.39 is 26.5 Å². The molecule has 3 atom stereocenters. The van der Waals surface area contributed by atoms with Gasteiger partial charge in [0.1, 0.15) is 16.5 Å². The highest BCUT2D eigenvalue weighted by Crippen LogP contribution is 2.38. The molecule has 0 saturated heterocycles. The summed E-state index contributed by atoms with van der Waals surface area (Å²) in [6, 6.07) is 29.1. The van der Waals surface area contributed by atoms with Gasteiger partial charge < -0.3 is 18.8 Å². The van der Waals surface area contributed by atoms with E-state index in [0.29, 0.717) is 35.6 Å². The molecule has 0 aliphatic rings. The van der Waals surface area contributed by atoms with Crippen LogP contribution in [0.4, 0.5) is 11.4 Å². The van der Waals surface area contributed by atoms with Gasteiger partial charge in [0.15, 0.2) is 0 Å². The lowest BCUT2D eigenvalue weighted by atomic mass is 9.87. The highest BCUT2D eigenvalue weighted by molar-refractivity contribution is 7.92. The SMILES string of the molecule is CCC(COC)(c1ccc(Cl)cc1)n1ccc2c(NS(C)=O)cccc21.CCOCC(CC)(c1ccc(Cl)cc1)n1ncc2c(NS(C)(=O)=O)cccc21. The summed E-state index contributed by atoms with van der Waals surface area (Å²) < 4.78 is 56.3. The number of nitrogens with zero attached hydrogens (tertiary/aromatic N) is 3. The van der Waals surface area contributed by atoms with Crippen molar-refractivity contribution in [3.8, 4) is 0 Å². The Labute approximate surface area is 330 Å². The van der Waals surface area contributed by atoms with Crippen molar-refractivity contribution < 1.29 is 22.1 Å². The van der Waals surface area contributed by atoms with Gasteiger partial charge in [-0.3, -0.25) is 9.40 Å². The van der Waals surface area contributed by atoms with Gasteiger partial charge >= 0.3 is 0 Å². The van der Waals surface area contributed by atoms with Crippen LogP contribution in [-0.2, 0) is 41.6 Å². The number of benzene rings is 4. The molecule has 0 fully saturated rings. The van der Waals surface area contributed by atoms with Crippen molar-refractivity contribution in [1.82, 2.24) is 14.3 Å². The van der Waals surface area contributed by atoms with Gasteiger partial charge in [0, 0.05) is 47.0 Å². The summed E-state index contributed by atoms with van der Waals surface area (Å²) in [4.78, 5) is 0. The topological polar surface area (TPSA) is 116 Å². The summed E-state index contributed by atoms with van der Waals surface area (Å²) >= 11 is 12.2. The summed E-state index contributed by atoms with van der Waals surface area (Å²) in [5.41, 5.74) is 4.52. The first-order valence-corrected chi connectivity index (χ1v) is 21.8. The molecule has 3 unspecified atom stereocenters. The minimum absolute atomic E-state index is 0.356. The van der Waals surface area contributed by atoms with E-state index in [1.807, 2.05) is 72.3 Å². The van der Waals surface area contributed by atoms with E-state index in [-0.39, 0.29) is 5.54 Å². The zero-order chi connectivity index (χ0) is 39.1. The van der Waals surface area contributed by atoms with Crippen molar-refractivity contribution in [2.75, 3.05) is 48.9 Å². The van der Waals surface area contributed by atoms with Gasteiger partial charge in [0.25, 0.3) is 0 Å². The van der Waals surface area contributed by atoms with Crippen LogP contribution < -0.4 is 9.44 Å². The monoisotopic (exact) mass is 811 g/mol. The average Bonchev–Trinajstić information content (AvgIpc) is 3.79. The van der Waals surface area contributed by atoms with Crippen LogP contribution in [0.15, 0.2) is 103 Å². The molecule has 6 aromatic rings. The van der Waals surface area contributed by atoms with Crippen LogP contribution >= 0.6 is 23.2 Å². The Morgan fingerprint density at radius 2 is 1.35 bits per heavy atom. The van der Waals surface area contributed by atoms with E-state index in [9.17, 15) is 12.6 Å². The third-order valence-electron chi connectivity index (χ3n) is 9.62. The Balaban J connectivity index is 0.000000208. The Hall–Kier alpha value is -3.91. The van der Waals surface area contributed by atoms with Crippen LogP contribution in [0.2, 0.25) is 10.0 Å². The number of fused-ring (bicyclic) bond motifs is 2. The summed E-state index contributed by atoms with van der Waals surface area (Å²) in [7, 11) is -2.80. The predicted molar refractivity (Wildman–Crippen MR) is 224 cm³/mol. The van der Waals surface area contributed by atoms with Crippen LogP contribution in [-0.4, -0.2) is 66.4 Å². The smallest absolute Gasteiger partial charge is 0.229 e. The van der Waals surface area contributed by atoms with Crippen molar-refractivity contribution in [3.63, 3.8) is 0 Å². The van der Waals surface area contributed by atoms with Crippen LogP contribution in [0.1, 0.15) is 44.7 Å². The fourth-order valence-electron chi connectivity index (χ4n) is 6.99. The largest absolute Gasteiger partial charge is 0.382 e. The maximum atomic E-state index is 11.7. The summed E-state index contributed by atoms with van der Waals surface area (Å²) in [6.07, 6.45) is 8.11. The molecule has 288 valence electrons. The number of sulfonamides is 1. The summed E-state index contributed by atoms with van der Waals surface area (Å²) in [5, 5.41) is 7.79. The lowest BCUT2D eigenvalue weighted by molar-refractivity contribution is 0.0711. The number of hydrogen-bond donors (Lipinski definition) is 2. The average molecular weight is 813 g/mol. The molecule has 2 heterocycles. The Morgan fingerprint density at radius 1 is 0.778 bits per heavy atom. The van der Waals surface area contributed by atoms with E-state index >= 15 is 0 Å². The molecular formula is C40H47Cl2N5O5S2. The molecule has 0 radical (unpaired) electrons. The third kappa shape index (κ3) is 8.80. The van der Waals surface area contributed by atoms with Gasteiger partial charge in [0.05, 0.1) is 53.6 Å². The maximum absolute atomic E-state index is 11.7. The Morgan fingerprint density at radius 3 is 1.89 bits per heavy atom. The van der Waals surface area contributed by atoms with Crippen molar-refractivity contribution in [2.24, 2.45) is 0 Å². The molecule has 4 aromatic carbocycles. The van der Waals surface area contributed by atoms with E-state index in [0.717, 1.165) is 57.7 Å². The second kappa shape index (κ2) is 17.7. The lowest BCUT2D eigenvalue weighted by Crippen LogP contribution is -2.40. The van der Waals surface area contributed by atoms with Crippen LogP contribution in [0.3, 0.4) is 0 Å². The van der Waals surface area contributed by atoms with Crippen molar-refractivity contribution in [2.45, 2.75) is 44.7 Å². The maximum Gasteiger partial charge on any atom is 0.229 e. The molecule has 2 aromatic heterocycles. The minimum atomic E-state index is -3.40. The van der Waals surface area contributed by atoms with E-state index in [4.69, 9.17) is 32.7 Å². The lowest BCUT2D eigenvalue weighted by Gasteiger charge is -2.35. The number of methoxy groups -OCH3 is 1. The highest BCUT2D eigenvalue weighted by atomic mass is 35.5. The normalized spacial score (nSPS) is 14.5. The first-order chi connectivity index (χ1) is 25.8. The van der Waals surface area contributed by atoms with Crippen molar-refractivity contribution in [1.29, 1.82) is 0 Å². The molecule has 0 spiro atoms. The quantitative estimate of drug-likeness (QED) is 0.107. The summed E-state index contributed by atoms with van der Waals surface area (Å²) in [6.45, 7) is 7.74. The second-order valence-corrected chi connectivity index (χ2v) is 16.7. The molecule has 14 heteroatoms. The number of ether oxygens (including phenoxy) is 2. The first kappa shape index (κ1) is 41.3. The number of hydrogen-bond acceptors (Lipinski definition) is 6. The molecule has 54 heavy (non-hydrogen) atoms. The third-order valence-corrected chi connectivity index (χ3v) is 11.2. The molecule has 0 aliphatic heterocycles. The highest BCUT2D eigenvalue weighted by Gasteiger charge is 2.36. The fourth-order valence-corrected chi connectivity index (χ4v) is 8.30. The van der Waals surface area contributed by atoms with Crippen LogP contribution in [0, 0.1) is 0 Å². The number of anilines is 2. The molecule has 0 bridgehead atoms.